The van der Waals surface area contributed by atoms with Gasteiger partial charge in [-0.3, -0.25) is 14.9 Å². The Morgan fingerprint density at radius 2 is 1.86 bits per heavy atom. The van der Waals surface area contributed by atoms with E-state index in [0.29, 0.717) is 6.54 Å². The molecule has 2 N–H and O–H groups in total. The van der Waals surface area contributed by atoms with Crippen molar-refractivity contribution in [3.05, 3.63) is 97.7 Å². The van der Waals surface area contributed by atoms with Crippen LogP contribution in [0.4, 0.5) is 5.69 Å². The Hall–Kier alpha value is -3.03. The monoisotopic (exact) mass is 408 g/mol. The molecule has 29 heavy (non-hydrogen) atoms. The van der Waals surface area contributed by atoms with E-state index in [-0.39, 0.29) is 17.3 Å². The maximum atomic E-state index is 12.7. The van der Waals surface area contributed by atoms with Crippen LogP contribution in [-0.4, -0.2) is 23.9 Å². The first-order valence-electron chi connectivity index (χ1n) is 9.60. The van der Waals surface area contributed by atoms with Crippen molar-refractivity contribution in [1.82, 2.24) is 5.32 Å². The summed E-state index contributed by atoms with van der Waals surface area (Å²) >= 11 is 1.68. The molecule has 4 rings (SSSR count). The molecule has 148 valence electrons. The minimum atomic E-state index is -0.515. The molecule has 0 aliphatic carbocycles. The SMILES string of the molecule is O=C(NC[C@@H](c1cccs1)[NH+]1CCc2ccccc2C1)c1ccccc1[N+](=O)[O-]. The lowest BCUT2D eigenvalue weighted by molar-refractivity contribution is -0.945. The predicted octanol–water partition coefficient (Wildman–Crippen LogP) is 2.77. The minimum Gasteiger partial charge on any atom is -0.345 e. The number of amides is 1. The third-order valence-electron chi connectivity index (χ3n) is 5.44. The molecule has 1 aliphatic heterocycles. The molecule has 2 atom stereocenters. The van der Waals surface area contributed by atoms with Crippen LogP contribution in [0.3, 0.4) is 0 Å². The number of hydrogen-bond acceptors (Lipinski definition) is 4. The molecule has 0 saturated heterocycles. The number of nitrogens with one attached hydrogen (secondary N) is 2. The topological polar surface area (TPSA) is 76.7 Å². The number of carbonyl (C=O) groups excluding carboxylic acids is 1. The van der Waals surface area contributed by atoms with E-state index in [2.05, 4.69) is 35.6 Å². The zero-order valence-corrected chi connectivity index (χ0v) is 16.7. The number of rotatable bonds is 6. The fourth-order valence-corrected chi connectivity index (χ4v) is 4.84. The molecule has 0 spiro atoms. The number of benzene rings is 2. The van der Waals surface area contributed by atoms with E-state index >= 15 is 0 Å². The zero-order valence-electron chi connectivity index (χ0n) is 15.8. The number of nitro groups is 1. The summed E-state index contributed by atoms with van der Waals surface area (Å²) in [5, 5.41) is 16.2. The largest absolute Gasteiger partial charge is 0.345 e. The van der Waals surface area contributed by atoms with Gasteiger partial charge in [-0.15, -0.1) is 11.3 Å². The fraction of sp³-hybridized carbons (Fsp3) is 0.227. The van der Waals surface area contributed by atoms with Gasteiger partial charge in [-0.25, -0.2) is 0 Å². The molecule has 0 fully saturated rings. The third kappa shape index (κ3) is 4.21. The number of quaternary nitrogens is 1. The average Bonchev–Trinajstić information content (AvgIpc) is 3.28. The van der Waals surface area contributed by atoms with Crippen LogP contribution in [0.1, 0.15) is 32.4 Å². The van der Waals surface area contributed by atoms with Crippen LogP contribution in [0.2, 0.25) is 0 Å². The number of para-hydroxylation sites is 1. The molecule has 2 aromatic carbocycles. The third-order valence-corrected chi connectivity index (χ3v) is 6.43. The van der Waals surface area contributed by atoms with Gasteiger partial charge in [0.15, 0.2) is 0 Å². The summed E-state index contributed by atoms with van der Waals surface area (Å²) in [4.78, 5) is 26.0. The summed E-state index contributed by atoms with van der Waals surface area (Å²) in [5.74, 6) is -0.407. The number of nitro benzene ring substituents is 1. The van der Waals surface area contributed by atoms with Crippen LogP contribution >= 0.6 is 11.3 Å². The Kier molecular flexibility index (Phi) is 5.69. The highest BCUT2D eigenvalue weighted by Crippen LogP contribution is 2.20. The van der Waals surface area contributed by atoms with Crippen LogP contribution < -0.4 is 10.2 Å². The standard InChI is InChI=1S/C22H21N3O3S/c26-22(18-8-3-4-9-19(18)25(27)28)23-14-20(21-10-5-13-29-21)24-12-11-16-6-1-2-7-17(16)15-24/h1-10,13,20H,11-12,14-15H2,(H,23,26)/p+1/t20-/m0/s1. The quantitative estimate of drug-likeness (QED) is 0.486. The fourth-order valence-electron chi connectivity index (χ4n) is 3.95. The van der Waals surface area contributed by atoms with Crippen molar-refractivity contribution in [1.29, 1.82) is 0 Å². The summed E-state index contributed by atoms with van der Waals surface area (Å²) in [6, 6.07) is 18.8. The number of thiophene rings is 1. The van der Waals surface area contributed by atoms with Crippen molar-refractivity contribution in [2.24, 2.45) is 0 Å². The van der Waals surface area contributed by atoms with Gasteiger partial charge >= 0.3 is 0 Å². The second-order valence-electron chi connectivity index (χ2n) is 7.16. The molecular weight excluding hydrogens is 386 g/mol. The first-order chi connectivity index (χ1) is 14.1. The Morgan fingerprint density at radius 1 is 1.10 bits per heavy atom. The van der Waals surface area contributed by atoms with Gasteiger partial charge in [0.05, 0.1) is 22.9 Å². The maximum Gasteiger partial charge on any atom is 0.282 e. The lowest BCUT2D eigenvalue weighted by Crippen LogP contribution is -3.12. The number of fused-ring (bicyclic) bond motifs is 1. The molecule has 1 amide bonds. The van der Waals surface area contributed by atoms with E-state index in [1.807, 2.05) is 11.4 Å². The second kappa shape index (κ2) is 8.55. The number of hydrogen-bond donors (Lipinski definition) is 2. The Morgan fingerprint density at radius 3 is 2.62 bits per heavy atom. The van der Waals surface area contributed by atoms with Crippen LogP contribution in [0.25, 0.3) is 0 Å². The highest BCUT2D eigenvalue weighted by atomic mass is 32.1. The minimum absolute atomic E-state index is 0.0985. The van der Waals surface area contributed by atoms with E-state index < -0.39 is 10.8 Å². The van der Waals surface area contributed by atoms with Gasteiger partial charge in [0, 0.05) is 18.1 Å². The summed E-state index contributed by atoms with van der Waals surface area (Å²) < 4.78 is 0. The van der Waals surface area contributed by atoms with Gasteiger partial charge in [-0.05, 0) is 23.1 Å². The van der Waals surface area contributed by atoms with Gasteiger partial charge < -0.3 is 10.2 Å². The lowest BCUT2D eigenvalue weighted by atomic mass is 9.98. The molecule has 0 bridgehead atoms. The van der Waals surface area contributed by atoms with Crippen molar-refractivity contribution in [3.63, 3.8) is 0 Å². The lowest BCUT2D eigenvalue weighted by Gasteiger charge is -2.32. The summed E-state index contributed by atoms with van der Waals surface area (Å²) in [5.41, 5.74) is 2.67. The molecule has 7 heteroatoms. The van der Waals surface area contributed by atoms with Gasteiger partial charge in [-0.2, -0.15) is 0 Å². The molecule has 0 saturated carbocycles. The zero-order chi connectivity index (χ0) is 20.2. The first kappa shape index (κ1) is 19.3. The normalized spacial score (nSPS) is 16.6. The highest BCUT2D eigenvalue weighted by molar-refractivity contribution is 7.10. The second-order valence-corrected chi connectivity index (χ2v) is 8.14. The molecule has 2 heterocycles. The molecule has 3 aromatic rings. The highest BCUT2D eigenvalue weighted by Gasteiger charge is 2.30. The smallest absolute Gasteiger partial charge is 0.282 e. The summed E-state index contributed by atoms with van der Waals surface area (Å²) in [6.07, 6.45) is 1.01. The van der Waals surface area contributed by atoms with E-state index in [9.17, 15) is 14.9 Å². The van der Waals surface area contributed by atoms with Crippen molar-refractivity contribution < 1.29 is 14.6 Å². The van der Waals surface area contributed by atoms with Gasteiger partial charge in [0.25, 0.3) is 11.6 Å². The van der Waals surface area contributed by atoms with E-state index in [0.717, 1.165) is 19.5 Å². The first-order valence-corrected chi connectivity index (χ1v) is 10.5. The number of carbonyl (C=O) groups is 1. The average molecular weight is 409 g/mol. The number of nitrogens with zero attached hydrogens (tertiary/aromatic N) is 1. The predicted molar refractivity (Wildman–Crippen MR) is 112 cm³/mol. The molecular formula is C22H22N3O3S+. The van der Waals surface area contributed by atoms with Crippen molar-refractivity contribution in [2.45, 2.75) is 19.0 Å². The molecule has 1 aromatic heterocycles. The molecule has 6 nitrogen and oxygen atoms in total. The van der Waals surface area contributed by atoms with Crippen molar-refractivity contribution in [2.75, 3.05) is 13.1 Å². The maximum absolute atomic E-state index is 12.7. The Labute approximate surface area is 172 Å². The van der Waals surface area contributed by atoms with Crippen LogP contribution in [0.15, 0.2) is 66.0 Å². The molecule has 1 aliphatic rings. The van der Waals surface area contributed by atoms with Gasteiger partial charge in [-0.1, -0.05) is 42.5 Å². The van der Waals surface area contributed by atoms with Crippen LogP contribution in [0, 0.1) is 10.1 Å². The van der Waals surface area contributed by atoms with E-state index in [4.69, 9.17) is 0 Å². The molecule has 1 unspecified atom stereocenters. The Balaban J connectivity index is 1.52. The van der Waals surface area contributed by atoms with Gasteiger partial charge in [0.2, 0.25) is 0 Å². The summed E-state index contributed by atoms with van der Waals surface area (Å²) in [7, 11) is 0. The van der Waals surface area contributed by atoms with E-state index in [1.54, 1.807) is 23.5 Å². The van der Waals surface area contributed by atoms with E-state index in [1.165, 1.54) is 33.0 Å². The van der Waals surface area contributed by atoms with Crippen molar-refractivity contribution in [3.8, 4) is 0 Å². The van der Waals surface area contributed by atoms with Crippen LogP contribution in [-0.2, 0) is 13.0 Å². The van der Waals surface area contributed by atoms with Crippen molar-refractivity contribution >= 4 is 22.9 Å². The molecule has 0 radical (unpaired) electrons. The van der Waals surface area contributed by atoms with Gasteiger partial charge in [0.1, 0.15) is 18.2 Å². The summed E-state index contributed by atoms with van der Waals surface area (Å²) in [6.45, 7) is 2.32. The Bertz CT molecular complexity index is 1020. The van der Waals surface area contributed by atoms with Crippen LogP contribution in [0.5, 0.6) is 0 Å².